The Morgan fingerprint density at radius 3 is 2.62 bits per heavy atom. The summed E-state index contributed by atoms with van der Waals surface area (Å²) in [7, 11) is 1.21. The van der Waals surface area contributed by atoms with E-state index < -0.39 is 18.8 Å². The maximum Gasteiger partial charge on any atom is 0.411 e. The summed E-state index contributed by atoms with van der Waals surface area (Å²) in [5, 5.41) is 0. The summed E-state index contributed by atoms with van der Waals surface area (Å²) in [5.41, 5.74) is 5.96. The predicted octanol–water partition coefficient (Wildman–Crippen LogP) is 2.40. The van der Waals surface area contributed by atoms with Crippen molar-refractivity contribution >= 4 is 11.7 Å². The second-order valence-corrected chi connectivity index (χ2v) is 4.08. The van der Waals surface area contributed by atoms with Gasteiger partial charge in [0.15, 0.2) is 0 Å². The smallest absolute Gasteiger partial charge is 0.411 e. The van der Waals surface area contributed by atoms with E-state index in [4.69, 9.17) is 10.5 Å². The lowest BCUT2D eigenvalue weighted by Crippen LogP contribution is -2.18. The highest BCUT2D eigenvalue weighted by molar-refractivity contribution is 5.98. The molecule has 0 saturated carbocycles. The maximum absolute atomic E-state index is 11.8. The van der Waals surface area contributed by atoms with Crippen LogP contribution in [0, 0.1) is 0 Å². The largest absolute Gasteiger partial charge is 0.493 e. The van der Waals surface area contributed by atoms with Gasteiger partial charge in [-0.25, -0.2) is 4.79 Å². The van der Waals surface area contributed by atoms with E-state index in [-0.39, 0.29) is 36.6 Å². The molecule has 1 rings (SSSR count). The molecule has 0 radical (unpaired) electrons. The summed E-state index contributed by atoms with van der Waals surface area (Å²) in [5.74, 6) is -0.422. The summed E-state index contributed by atoms with van der Waals surface area (Å²) in [6.45, 7) is -1.31. The second kappa shape index (κ2) is 7.72. The Kier molecular flexibility index (Phi) is 6.29. The van der Waals surface area contributed by atoms with Crippen LogP contribution >= 0.6 is 0 Å². The van der Waals surface area contributed by atoms with Crippen LogP contribution in [0.5, 0.6) is 5.75 Å². The lowest BCUT2D eigenvalue weighted by Gasteiger charge is -2.12. The monoisotopic (exact) mass is 307 g/mol. The first-order valence-corrected chi connectivity index (χ1v) is 6.09. The zero-order valence-electron chi connectivity index (χ0n) is 11.4. The Bertz CT molecular complexity index is 477. The molecule has 21 heavy (non-hydrogen) atoms. The molecule has 0 fully saturated rings. The molecule has 0 saturated heterocycles. The van der Waals surface area contributed by atoms with Crippen LogP contribution in [-0.4, -0.2) is 39.1 Å². The molecule has 0 unspecified atom stereocenters. The molecule has 2 N–H and O–H groups in total. The zero-order valence-corrected chi connectivity index (χ0v) is 11.4. The van der Waals surface area contributed by atoms with E-state index in [0.717, 1.165) is 0 Å². The molecular formula is C13H16F3NO4. The quantitative estimate of drug-likeness (QED) is 0.476. The number of hydrogen-bond acceptors (Lipinski definition) is 5. The fraction of sp³-hybridized carbons (Fsp3) is 0.462. The molecule has 0 aliphatic heterocycles. The number of nitrogen functional groups attached to an aromatic ring is 1. The minimum absolute atomic E-state index is 0.0886. The van der Waals surface area contributed by atoms with Gasteiger partial charge < -0.3 is 19.9 Å². The summed E-state index contributed by atoms with van der Waals surface area (Å²) < 4.78 is 49.9. The van der Waals surface area contributed by atoms with Crippen molar-refractivity contribution in [1.29, 1.82) is 0 Å². The van der Waals surface area contributed by atoms with Gasteiger partial charge in [0.05, 0.1) is 20.3 Å². The van der Waals surface area contributed by atoms with Gasteiger partial charge >= 0.3 is 12.1 Å². The number of carbonyl (C=O) groups excluding carboxylic acids is 1. The number of anilines is 1. The number of rotatable bonds is 7. The van der Waals surface area contributed by atoms with Crippen molar-refractivity contribution in [2.24, 2.45) is 0 Å². The molecule has 1 aromatic carbocycles. The van der Waals surface area contributed by atoms with Crippen molar-refractivity contribution < 1.29 is 32.2 Å². The van der Waals surface area contributed by atoms with Gasteiger partial charge in [0.25, 0.3) is 0 Å². The molecule has 8 heteroatoms. The minimum atomic E-state index is -4.34. The molecule has 0 aliphatic carbocycles. The van der Waals surface area contributed by atoms with E-state index in [1.807, 2.05) is 0 Å². The number of benzene rings is 1. The van der Waals surface area contributed by atoms with Crippen LogP contribution in [0.2, 0.25) is 0 Å². The Balaban J connectivity index is 2.46. The summed E-state index contributed by atoms with van der Waals surface area (Å²) in [4.78, 5) is 11.6. The highest BCUT2D eigenvalue weighted by atomic mass is 19.4. The predicted molar refractivity (Wildman–Crippen MR) is 69.2 cm³/mol. The molecule has 5 nitrogen and oxygen atoms in total. The highest BCUT2D eigenvalue weighted by Gasteiger charge is 2.27. The number of methoxy groups -OCH3 is 1. The normalized spacial score (nSPS) is 11.2. The van der Waals surface area contributed by atoms with Crippen LogP contribution in [0.15, 0.2) is 18.2 Å². The zero-order chi connectivity index (χ0) is 15.9. The summed E-state index contributed by atoms with van der Waals surface area (Å²) in [6, 6.07) is 4.64. The molecule has 1 aromatic rings. The number of ether oxygens (including phenoxy) is 3. The minimum Gasteiger partial charge on any atom is -0.493 e. The molecule has 0 spiro atoms. The fourth-order valence-corrected chi connectivity index (χ4v) is 1.52. The third kappa shape index (κ3) is 5.90. The number of halogens is 3. The molecule has 0 aromatic heterocycles. The Hall–Kier alpha value is -1.96. The first-order chi connectivity index (χ1) is 9.85. The fourth-order valence-electron chi connectivity index (χ4n) is 1.52. The number of esters is 1. The van der Waals surface area contributed by atoms with E-state index in [1.165, 1.54) is 19.2 Å². The highest BCUT2D eigenvalue weighted by Crippen LogP contribution is 2.25. The Morgan fingerprint density at radius 1 is 1.29 bits per heavy atom. The first kappa shape index (κ1) is 17.1. The van der Waals surface area contributed by atoms with Gasteiger partial charge in [-0.05, 0) is 12.1 Å². The molecule has 0 atom stereocenters. The van der Waals surface area contributed by atoms with Crippen LogP contribution in [0.3, 0.4) is 0 Å². The molecule has 0 bridgehead atoms. The number of alkyl halides is 3. The van der Waals surface area contributed by atoms with Gasteiger partial charge in [-0.3, -0.25) is 0 Å². The molecule has 0 amide bonds. The van der Waals surface area contributed by atoms with Gasteiger partial charge in [-0.15, -0.1) is 0 Å². The van der Waals surface area contributed by atoms with Gasteiger partial charge in [0.1, 0.15) is 17.9 Å². The van der Waals surface area contributed by atoms with E-state index in [2.05, 4.69) is 9.47 Å². The second-order valence-electron chi connectivity index (χ2n) is 4.08. The van der Waals surface area contributed by atoms with Crippen LogP contribution in [0.4, 0.5) is 18.9 Å². The summed E-state index contributed by atoms with van der Waals surface area (Å²) >= 11 is 0. The third-order valence-corrected chi connectivity index (χ3v) is 2.40. The molecular weight excluding hydrogens is 291 g/mol. The van der Waals surface area contributed by atoms with E-state index in [0.29, 0.717) is 0 Å². The van der Waals surface area contributed by atoms with Crippen molar-refractivity contribution in [3.8, 4) is 5.75 Å². The average molecular weight is 307 g/mol. The molecule has 118 valence electrons. The molecule has 0 heterocycles. The van der Waals surface area contributed by atoms with Crippen LogP contribution in [0.25, 0.3) is 0 Å². The van der Waals surface area contributed by atoms with Crippen molar-refractivity contribution in [3.05, 3.63) is 23.8 Å². The van der Waals surface area contributed by atoms with Crippen LogP contribution < -0.4 is 10.5 Å². The first-order valence-electron chi connectivity index (χ1n) is 6.09. The van der Waals surface area contributed by atoms with Crippen LogP contribution in [-0.2, 0) is 9.47 Å². The summed E-state index contributed by atoms with van der Waals surface area (Å²) in [6.07, 6.45) is -4.10. The Morgan fingerprint density at radius 2 is 2.00 bits per heavy atom. The number of carbonyl (C=O) groups is 1. The topological polar surface area (TPSA) is 70.8 Å². The lowest BCUT2D eigenvalue weighted by atomic mass is 10.1. The standard InChI is InChI=1S/C13H16F3NO4/c1-19-12(18)11-9(17)4-2-5-10(11)21-7-3-6-20-8-13(14,15)16/h2,4-5H,3,6-8,17H2,1H3. The van der Waals surface area contributed by atoms with Crippen molar-refractivity contribution in [1.82, 2.24) is 0 Å². The van der Waals surface area contributed by atoms with Crippen molar-refractivity contribution in [3.63, 3.8) is 0 Å². The average Bonchev–Trinajstić information content (AvgIpc) is 2.41. The van der Waals surface area contributed by atoms with Gasteiger partial charge in [0, 0.05) is 12.1 Å². The van der Waals surface area contributed by atoms with Gasteiger partial charge in [-0.1, -0.05) is 6.07 Å². The van der Waals surface area contributed by atoms with Gasteiger partial charge in [-0.2, -0.15) is 13.2 Å². The SMILES string of the molecule is COC(=O)c1c(N)cccc1OCCCOCC(F)(F)F. The van der Waals surface area contributed by atoms with E-state index >= 15 is 0 Å². The van der Waals surface area contributed by atoms with Crippen molar-refractivity contribution in [2.75, 3.05) is 32.7 Å². The van der Waals surface area contributed by atoms with E-state index in [1.54, 1.807) is 6.07 Å². The molecule has 0 aliphatic rings. The lowest BCUT2D eigenvalue weighted by molar-refractivity contribution is -0.174. The van der Waals surface area contributed by atoms with Crippen molar-refractivity contribution in [2.45, 2.75) is 12.6 Å². The Labute approximate surface area is 119 Å². The van der Waals surface area contributed by atoms with Crippen LogP contribution in [0.1, 0.15) is 16.8 Å². The van der Waals surface area contributed by atoms with Gasteiger partial charge in [0.2, 0.25) is 0 Å². The number of hydrogen-bond donors (Lipinski definition) is 1. The third-order valence-electron chi connectivity index (χ3n) is 2.40. The maximum atomic E-state index is 11.8. The number of nitrogens with two attached hydrogens (primary N) is 1. The van der Waals surface area contributed by atoms with E-state index in [9.17, 15) is 18.0 Å².